The minimum absolute atomic E-state index is 0.134. The van der Waals surface area contributed by atoms with Crippen LogP contribution in [0.4, 0.5) is 5.69 Å². The molecule has 0 saturated heterocycles. The fourth-order valence-corrected chi connectivity index (χ4v) is 4.75. The molecule has 140 valence electrons. The van der Waals surface area contributed by atoms with Crippen LogP contribution < -0.4 is 10.0 Å². The Balaban J connectivity index is 1.62. The number of allylic oxidation sites excluding steroid dienone is 1. The molecule has 0 bridgehead atoms. The predicted molar refractivity (Wildman–Crippen MR) is 106 cm³/mol. The number of hydrogen-bond donors (Lipinski definition) is 2. The minimum atomic E-state index is -3.70. The molecule has 5 nitrogen and oxygen atoms in total. The summed E-state index contributed by atoms with van der Waals surface area (Å²) in [4.78, 5) is 12.5. The van der Waals surface area contributed by atoms with E-state index in [1.54, 1.807) is 36.4 Å². The maximum absolute atomic E-state index is 12.7. The van der Waals surface area contributed by atoms with E-state index in [9.17, 15) is 13.2 Å². The third-order valence-electron chi connectivity index (χ3n) is 4.99. The molecule has 2 N–H and O–H groups in total. The largest absolute Gasteiger partial charge is 0.321 e. The summed E-state index contributed by atoms with van der Waals surface area (Å²) in [6.45, 7) is 0.168. The van der Waals surface area contributed by atoms with Crippen LogP contribution in [0.25, 0.3) is 5.57 Å². The van der Waals surface area contributed by atoms with Crippen LogP contribution in [0, 0.1) is 0 Å². The van der Waals surface area contributed by atoms with Crippen molar-refractivity contribution in [2.45, 2.75) is 37.1 Å². The van der Waals surface area contributed by atoms with Gasteiger partial charge in [-0.25, -0.2) is 13.1 Å². The van der Waals surface area contributed by atoms with E-state index in [2.05, 4.69) is 10.0 Å². The Morgan fingerprint density at radius 3 is 2.44 bits per heavy atom. The summed E-state index contributed by atoms with van der Waals surface area (Å²) in [5, 5.41) is 3.44. The molecule has 0 spiro atoms. The van der Waals surface area contributed by atoms with Crippen molar-refractivity contribution in [3.8, 4) is 0 Å². The van der Waals surface area contributed by atoms with Crippen molar-refractivity contribution < 1.29 is 13.2 Å². The summed E-state index contributed by atoms with van der Waals surface area (Å²) in [6.07, 6.45) is 3.94. The van der Waals surface area contributed by atoms with Gasteiger partial charge in [0.15, 0.2) is 0 Å². The van der Waals surface area contributed by atoms with Crippen molar-refractivity contribution in [2.75, 3.05) is 5.32 Å². The predicted octanol–water partition coefficient (Wildman–Crippen LogP) is 4.10. The van der Waals surface area contributed by atoms with Crippen LogP contribution in [0.3, 0.4) is 0 Å². The van der Waals surface area contributed by atoms with Crippen molar-refractivity contribution >= 4 is 38.8 Å². The number of carbonyl (C=O) groups is 1. The van der Waals surface area contributed by atoms with E-state index in [1.807, 2.05) is 0 Å². The van der Waals surface area contributed by atoms with Gasteiger partial charge in [-0.05, 0) is 61.6 Å². The molecule has 0 unspecified atom stereocenters. The van der Waals surface area contributed by atoms with Crippen molar-refractivity contribution in [1.29, 1.82) is 0 Å². The quantitative estimate of drug-likeness (QED) is 0.756. The highest BCUT2D eigenvalue weighted by atomic mass is 35.5. The summed E-state index contributed by atoms with van der Waals surface area (Å²) in [7, 11) is -3.70. The number of amides is 1. The van der Waals surface area contributed by atoms with Gasteiger partial charge >= 0.3 is 0 Å². The van der Waals surface area contributed by atoms with Crippen LogP contribution in [0.5, 0.6) is 0 Å². The third-order valence-corrected chi connectivity index (χ3v) is 6.64. The van der Waals surface area contributed by atoms with Gasteiger partial charge in [0.2, 0.25) is 10.0 Å². The molecule has 0 radical (unpaired) electrons. The molecule has 2 aliphatic rings. The normalized spacial score (nSPS) is 16.6. The van der Waals surface area contributed by atoms with Crippen LogP contribution >= 0.6 is 11.6 Å². The lowest BCUT2D eigenvalue weighted by molar-refractivity contribution is -0.110. The number of fused-ring (bicyclic) bond motifs is 1. The van der Waals surface area contributed by atoms with Gasteiger partial charge in [-0.2, -0.15) is 0 Å². The average molecular weight is 403 g/mol. The molecule has 27 heavy (non-hydrogen) atoms. The zero-order valence-corrected chi connectivity index (χ0v) is 16.2. The first-order valence-electron chi connectivity index (χ1n) is 8.86. The third kappa shape index (κ3) is 3.65. The van der Waals surface area contributed by atoms with Crippen LogP contribution in [-0.4, -0.2) is 14.3 Å². The fraction of sp³-hybridized carbons (Fsp3) is 0.250. The molecule has 1 fully saturated rings. The number of halogens is 1. The summed E-state index contributed by atoms with van der Waals surface area (Å²) < 4.78 is 28.1. The van der Waals surface area contributed by atoms with E-state index in [0.717, 1.165) is 36.8 Å². The zero-order valence-electron chi connectivity index (χ0n) is 14.6. The second kappa shape index (κ2) is 7.11. The lowest BCUT2D eigenvalue weighted by Gasteiger charge is -2.09. The number of carbonyl (C=O) groups excluding carboxylic acids is 1. The standard InChI is InChI=1S/C20H19ClN2O3S/c21-15-7-5-13(6-8-15)12-22-27(25,26)16-9-10-18-17(11-16)19(20(24)23-18)14-3-1-2-4-14/h5-11,22H,1-4,12H2,(H,23,24). The Morgan fingerprint density at radius 1 is 1.04 bits per heavy atom. The van der Waals surface area contributed by atoms with Gasteiger partial charge < -0.3 is 5.32 Å². The average Bonchev–Trinajstić information content (AvgIpc) is 3.27. The first kappa shape index (κ1) is 18.2. The van der Waals surface area contributed by atoms with E-state index in [0.29, 0.717) is 21.8 Å². The Kier molecular flexibility index (Phi) is 4.80. The van der Waals surface area contributed by atoms with Crippen LogP contribution in [0.2, 0.25) is 5.02 Å². The van der Waals surface area contributed by atoms with E-state index >= 15 is 0 Å². The molecule has 2 aromatic rings. The van der Waals surface area contributed by atoms with Crippen LogP contribution in [0.1, 0.15) is 36.8 Å². The molecule has 2 aromatic carbocycles. The first-order valence-corrected chi connectivity index (χ1v) is 10.7. The summed E-state index contributed by atoms with van der Waals surface area (Å²) in [6, 6.07) is 11.8. The molecule has 1 saturated carbocycles. The van der Waals surface area contributed by atoms with Gasteiger partial charge in [0.1, 0.15) is 0 Å². The number of benzene rings is 2. The van der Waals surface area contributed by atoms with Gasteiger partial charge in [-0.15, -0.1) is 0 Å². The monoisotopic (exact) mass is 402 g/mol. The molecule has 7 heteroatoms. The van der Waals surface area contributed by atoms with E-state index in [1.165, 1.54) is 6.07 Å². The highest BCUT2D eigenvalue weighted by molar-refractivity contribution is 7.89. The van der Waals surface area contributed by atoms with Crippen molar-refractivity contribution in [1.82, 2.24) is 4.72 Å². The fourth-order valence-electron chi connectivity index (χ4n) is 3.58. The Morgan fingerprint density at radius 2 is 1.74 bits per heavy atom. The molecule has 4 rings (SSSR count). The number of rotatable bonds is 4. The summed E-state index contributed by atoms with van der Waals surface area (Å²) in [5.74, 6) is -0.134. The second-order valence-electron chi connectivity index (χ2n) is 6.80. The molecule has 0 atom stereocenters. The van der Waals surface area contributed by atoms with Crippen LogP contribution in [0.15, 0.2) is 52.9 Å². The van der Waals surface area contributed by atoms with Crippen molar-refractivity contribution in [3.63, 3.8) is 0 Å². The lowest BCUT2D eigenvalue weighted by Crippen LogP contribution is -2.23. The van der Waals surface area contributed by atoms with Crippen LogP contribution in [-0.2, 0) is 21.4 Å². The van der Waals surface area contributed by atoms with Gasteiger partial charge in [0, 0.05) is 28.4 Å². The smallest absolute Gasteiger partial charge is 0.256 e. The maximum atomic E-state index is 12.7. The van der Waals surface area contributed by atoms with Gasteiger partial charge in [0.05, 0.1) is 4.90 Å². The molecule has 1 amide bonds. The highest BCUT2D eigenvalue weighted by Gasteiger charge is 2.30. The van der Waals surface area contributed by atoms with Gasteiger partial charge in [-0.1, -0.05) is 29.3 Å². The summed E-state index contributed by atoms with van der Waals surface area (Å²) >= 11 is 5.85. The molecule has 0 aromatic heterocycles. The van der Waals surface area contributed by atoms with Crippen molar-refractivity contribution in [2.24, 2.45) is 0 Å². The second-order valence-corrected chi connectivity index (χ2v) is 9.00. The molecule has 1 aliphatic heterocycles. The number of anilines is 1. The minimum Gasteiger partial charge on any atom is -0.321 e. The first-order chi connectivity index (χ1) is 12.9. The molecule has 1 heterocycles. The molecular weight excluding hydrogens is 384 g/mol. The van der Waals surface area contributed by atoms with Gasteiger partial charge in [-0.3, -0.25) is 4.79 Å². The Labute approximate surface area is 163 Å². The van der Waals surface area contributed by atoms with Gasteiger partial charge in [0.25, 0.3) is 5.91 Å². The lowest BCUT2D eigenvalue weighted by atomic mass is 10.00. The Bertz CT molecular complexity index is 1040. The maximum Gasteiger partial charge on any atom is 0.256 e. The van der Waals surface area contributed by atoms with Crippen molar-refractivity contribution in [3.05, 3.63) is 64.2 Å². The summed E-state index contributed by atoms with van der Waals surface area (Å²) in [5.41, 5.74) is 3.94. The molecular formula is C20H19ClN2O3S. The van der Waals surface area contributed by atoms with E-state index in [4.69, 9.17) is 11.6 Å². The topological polar surface area (TPSA) is 75.3 Å². The zero-order chi connectivity index (χ0) is 19.0. The number of hydrogen-bond acceptors (Lipinski definition) is 3. The number of nitrogens with one attached hydrogen (secondary N) is 2. The Hall–Kier alpha value is -2.15. The highest BCUT2D eigenvalue weighted by Crippen LogP contribution is 2.40. The SMILES string of the molecule is O=C1Nc2ccc(S(=O)(=O)NCc3ccc(Cl)cc3)cc2C1=C1CCCC1. The van der Waals surface area contributed by atoms with E-state index in [-0.39, 0.29) is 17.3 Å². The number of sulfonamides is 1. The molecule has 1 aliphatic carbocycles. The van der Waals surface area contributed by atoms with E-state index < -0.39 is 10.0 Å².